The second-order valence-electron chi connectivity index (χ2n) is 5.93. The molecule has 1 amide bonds. The topological polar surface area (TPSA) is 96.9 Å². The number of amides is 1. The fraction of sp³-hybridized carbons (Fsp3) is 0.222. The van der Waals surface area contributed by atoms with Gasteiger partial charge < -0.3 is 10.1 Å². The number of aliphatic imine (C=N–C) groups is 1. The number of alkyl halides is 2. The van der Waals surface area contributed by atoms with Gasteiger partial charge in [0.25, 0.3) is 15.9 Å². The first-order valence-corrected chi connectivity index (χ1v) is 9.84. The van der Waals surface area contributed by atoms with Gasteiger partial charge in [-0.1, -0.05) is 12.1 Å². The zero-order chi connectivity index (χ0) is 20.1. The molecule has 1 aliphatic rings. The number of ether oxygens (including phenoxy) is 1. The predicted molar refractivity (Wildman–Crippen MR) is 99.3 cm³/mol. The van der Waals surface area contributed by atoms with Crippen molar-refractivity contribution in [2.75, 3.05) is 11.9 Å². The summed E-state index contributed by atoms with van der Waals surface area (Å²) in [4.78, 5) is 16.4. The average Bonchev–Trinajstić information content (AvgIpc) is 3.14. The molecule has 148 valence electrons. The number of hydrogen-bond acceptors (Lipinski definition) is 5. The largest absolute Gasteiger partial charge is 0.435 e. The van der Waals surface area contributed by atoms with E-state index in [0.29, 0.717) is 18.8 Å². The molecule has 0 aromatic heterocycles. The third-order valence-electron chi connectivity index (χ3n) is 3.85. The van der Waals surface area contributed by atoms with Gasteiger partial charge in [-0.05, 0) is 42.8 Å². The molecule has 3 rings (SSSR count). The van der Waals surface area contributed by atoms with Crippen LogP contribution in [0.1, 0.15) is 23.2 Å². The van der Waals surface area contributed by atoms with Crippen LogP contribution < -0.4 is 14.8 Å². The Balaban J connectivity index is 1.74. The Bertz CT molecular complexity index is 1010. The molecule has 1 heterocycles. The predicted octanol–water partition coefficient (Wildman–Crippen LogP) is 3.01. The van der Waals surface area contributed by atoms with Gasteiger partial charge in [-0.25, -0.2) is 8.42 Å². The molecule has 0 aliphatic carbocycles. The van der Waals surface area contributed by atoms with E-state index in [0.717, 1.165) is 6.42 Å². The lowest BCUT2D eigenvalue weighted by Crippen LogP contribution is -2.29. The van der Waals surface area contributed by atoms with Crippen LogP contribution in [0.3, 0.4) is 0 Å². The van der Waals surface area contributed by atoms with Crippen LogP contribution >= 0.6 is 0 Å². The number of rotatable bonds is 6. The van der Waals surface area contributed by atoms with Gasteiger partial charge in [0.05, 0.1) is 4.90 Å². The SMILES string of the molecule is O=C(Nc1cccc(S(=O)(=O)NC2=NCCC2)c1)c1cccc(OC(F)F)c1. The van der Waals surface area contributed by atoms with E-state index in [4.69, 9.17) is 0 Å². The van der Waals surface area contributed by atoms with Gasteiger partial charge in [-0.15, -0.1) is 0 Å². The van der Waals surface area contributed by atoms with E-state index in [1.807, 2.05) is 0 Å². The van der Waals surface area contributed by atoms with E-state index in [2.05, 4.69) is 19.8 Å². The summed E-state index contributed by atoms with van der Waals surface area (Å²) < 4.78 is 56.2. The molecular formula is C18H17F2N3O4S. The van der Waals surface area contributed by atoms with E-state index >= 15 is 0 Å². The van der Waals surface area contributed by atoms with E-state index in [1.54, 1.807) is 0 Å². The Morgan fingerprint density at radius 3 is 2.64 bits per heavy atom. The summed E-state index contributed by atoms with van der Waals surface area (Å²) in [7, 11) is -3.82. The minimum Gasteiger partial charge on any atom is -0.435 e. The van der Waals surface area contributed by atoms with Crippen LogP contribution in [0.5, 0.6) is 5.75 Å². The lowest BCUT2D eigenvalue weighted by atomic mass is 10.2. The molecule has 0 atom stereocenters. The molecule has 28 heavy (non-hydrogen) atoms. The highest BCUT2D eigenvalue weighted by Gasteiger charge is 2.19. The monoisotopic (exact) mass is 409 g/mol. The van der Waals surface area contributed by atoms with Crippen molar-refractivity contribution in [1.29, 1.82) is 0 Å². The molecule has 2 aromatic carbocycles. The fourth-order valence-electron chi connectivity index (χ4n) is 2.59. The number of nitrogens with zero attached hydrogens (tertiary/aromatic N) is 1. The number of sulfonamides is 1. The van der Waals surface area contributed by atoms with Crippen LogP contribution in [0, 0.1) is 0 Å². The average molecular weight is 409 g/mol. The first kappa shape index (κ1) is 19.7. The molecule has 2 N–H and O–H groups in total. The molecule has 0 unspecified atom stereocenters. The quantitative estimate of drug-likeness (QED) is 0.767. The third kappa shape index (κ3) is 5.03. The molecule has 0 radical (unpaired) electrons. The second-order valence-corrected chi connectivity index (χ2v) is 7.61. The molecule has 2 aromatic rings. The van der Waals surface area contributed by atoms with Gasteiger partial charge in [0.2, 0.25) is 0 Å². The van der Waals surface area contributed by atoms with Crippen molar-refractivity contribution < 1.29 is 26.7 Å². The van der Waals surface area contributed by atoms with Gasteiger partial charge in [-0.2, -0.15) is 8.78 Å². The van der Waals surface area contributed by atoms with E-state index < -0.39 is 22.5 Å². The maximum absolute atomic E-state index is 12.5. The Morgan fingerprint density at radius 1 is 1.14 bits per heavy atom. The van der Waals surface area contributed by atoms with Crippen molar-refractivity contribution in [3.8, 4) is 5.75 Å². The number of benzene rings is 2. The fourth-order valence-corrected chi connectivity index (χ4v) is 3.73. The highest BCUT2D eigenvalue weighted by Crippen LogP contribution is 2.19. The van der Waals surface area contributed by atoms with E-state index in [-0.39, 0.29) is 21.9 Å². The maximum atomic E-state index is 12.5. The Labute approximate surface area is 160 Å². The smallest absolute Gasteiger partial charge is 0.387 e. The van der Waals surface area contributed by atoms with E-state index in [1.165, 1.54) is 48.5 Å². The van der Waals surface area contributed by atoms with Crippen molar-refractivity contribution in [1.82, 2.24) is 4.72 Å². The first-order chi connectivity index (χ1) is 13.3. The normalized spacial score (nSPS) is 13.9. The van der Waals surface area contributed by atoms with E-state index in [9.17, 15) is 22.0 Å². The third-order valence-corrected chi connectivity index (χ3v) is 5.23. The lowest BCUT2D eigenvalue weighted by Gasteiger charge is -2.11. The number of hydrogen-bond donors (Lipinski definition) is 2. The number of carbonyl (C=O) groups excluding carboxylic acids is 1. The van der Waals surface area contributed by atoms with Crippen LogP contribution in [0.25, 0.3) is 0 Å². The van der Waals surface area contributed by atoms with Crippen LogP contribution in [0.15, 0.2) is 58.4 Å². The molecule has 0 bridgehead atoms. The van der Waals surface area contributed by atoms with Gasteiger partial charge in [0.1, 0.15) is 11.6 Å². The zero-order valence-corrected chi connectivity index (χ0v) is 15.4. The molecule has 7 nitrogen and oxygen atoms in total. The van der Waals surface area contributed by atoms with Crippen molar-refractivity contribution in [2.24, 2.45) is 4.99 Å². The summed E-state index contributed by atoms with van der Waals surface area (Å²) in [5.41, 5.74) is 0.325. The number of nitrogens with one attached hydrogen (secondary N) is 2. The van der Waals surface area contributed by atoms with Gasteiger partial charge in [-0.3, -0.25) is 14.5 Å². The Hall–Kier alpha value is -3.01. The molecule has 0 fully saturated rings. The standard InChI is InChI=1S/C18H17F2N3O4S/c19-18(20)27-14-6-1-4-12(10-14)17(24)22-13-5-2-7-15(11-13)28(25,26)23-16-8-3-9-21-16/h1-2,4-7,10-11,18H,3,8-9H2,(H,21,23)(H,22,24). The Morgan fingerprint density at radius 2 is 1.93 bits per heavy atom. The van der Waals surface area contributed by atoms with Crippen molar-refractivity contribution in [3.05, 3.63) is 54.1 Å². The zero-order valence-electron chi connectivity index (χ0n) is 14.6. The van der Waals surface area contributed by atoms with Crippen LogP contribution in [0.4, 0.5) is 14.5 Å². The molecule has 10 heteroatoms. The van der Waals surface area contributed by atoms with Gasteiger partial charge in [0.15, 0.2) is 0 Å². The first-order valence-electron chi connectivity index (χ1n) is 8.36. The number of anilines is 1. The van der Waals surface area contributed by atoms with Crippen molar-refractivity contribution in [3.63, 3.8) is 0 Å². The molecule has 0 saturated heterocycles. The Kier molecular flexibility index (Phi) is 5.88. The van der Waals surface area contributed by atoms with Crippen LogP contribution in [0.2, 0.25) is 0 Å². The second kappa shape index (κ2) is 8.34. The van der Waals surface area contributed by atoms with Crippen LogP contribution in [-0.2, 0) is 10.0 Å². The summed E-state index contributed by atoms with van der Waals surface area (Å²) >= 11 is 0. The summed E-state index contributed by atoms with van der Waals surface area (Å²) in [6, 6.07) is 11.0. The lowest BCUT2D eigenvalue weighted by molar-refractivity contribution is -0.0498. The van der Waals surface area contributed by atoms with Gasteiger partial charge >= 0.3 is 6.61 Å². The summed E-state index contributed by atoms with van der Waals surface area (Å²) in [5.74, 6) is -0.340. The summed E-state index contributed by atoms with van der Waals surface area (Å²) in [5, 5.41) is 2.54. The minimum absolute atomic E-state index is 0.0327. The molecule has 0 spiro atoms. The van der Waals surface area contributed by atoms with Gasteiger partial charge in [0, 0.05) is 24.2 Å². The molecular weight excluding hydrogens is 392 g/mol. The molecule has 1 aliphatic heterocycles. The number of amidine groups is 1. The van der Waals surface area contributed by atoms with Crippen LogP contribution in [-0.4, -0.2) is 33.3 Å². The number of halogens is 2. The summed E-state index contributed by atoms with van der Waals surface area (Å²) in [6.07, 6.45) is 1.36. The number of carbonyl (C=O) groups is 1. The highest BCUT2D eigenvalue weighted by atomic mass is 32.2. The minimum atomic E-state index is -3.82. The van der Waals surface area contributed by atoms with Crippen molar-refractivity contribution >= 4 is 27.5 Å². The molecule has 0 saturated carbocycles. The van der Waals surface area contributed by atoms with Crippen molar-refractivity contribution in [2.45, 2.75) is 24.3 Å². The maximum Gasteiger partial charge on any atom is 0.387 e. The summed E-state index contributed by atoms with van der Waals surface area (Å²) in [6.45, 7) is -2.42. The highest BCUT2D eigenvalue weighted by molar-refractivity contribution is 7.90.